The van der Waals surface area contributed by atoms with E-state index in [0.717, 1.165) is 6.42 Å². The van der Waals surface area contributed by atoms with Crippen LogP contribution in [0.4, 0.5) is 4.79 Å². The van der Waals surface area contributed by atoms with Gasteiger partial charge in [0.2, 0.25) is 0 Å². The summed E-state index contributed by atoms with van der Waals surface area (Å²) in [5, 5.41) is 11.7. The summed E-state index contributed by atoms with van der Waals surface area (Å²) in [6.07, 6.45) is 3.43. The molecule has 0 aromatic rings. The fourth-order valence-corrected chi connectivity index (χ4v) is 3.14. The van der Waals surface area contributed by atoms with E-state index in [1.807, 2.05) is 6.92 Å². The third-order valence-corrected chi connectivity index (χ3v) is 4.41. The van der Waals surface area contributed by atoms with Crippen LogP contribution >= 0.6 is 0 Å². The van der Waals surface area contributed by atoms with E-state index in [9.17, 15) is 9.59 Å². The van der Waals surface area contributed by atoms with Crippen LogP contribution in [-0.4, -0.2) is 66.1 Å². The largest absolute Gasteiger partial charge is 0.480 e. The predicted octanol–water partition coefficient (Wildman–Crippen LogP) is 0.439. The molecule has 3 fully saturated rings. The number of carboxylic acids is 1. The zero-order chi connectivity index (χ0) is 15.0. The maximum atomic E-state index is 12.2. The smallest absolute Gasteiger partial charge is 0.329 e. The Morgan fingerprint density at radius 1 is 1.38 bits per heavy atom. The summed E-state index contributed by atoms with van der Waals surface area (Å²) in [7, 11) is 0. The van der Waals surface area contributed by atoms with Gasteiger partial charge in [0.05, 0.1) is 25.2 Å². The molecule has 3 rings (SSSR count). The van der Waals surface area contributed by atoms with Crippen molar-refractivity contribution >= 4 is 12.0 Å². The molecule has 2 heterocycles. The highest BCUT2D eigenvalue weighted by Gasteiger charge is 2.45. The molecule has 1 saturated carbocycles. The van der Waals surface area contributed by atoms with Crippen molar-refractivity contribution in [1.29, 1.82) is 0 Å². The van der Waals surface area contributed by atoms with Gasteiger partial charge in [0, 0.05) is 6.61 Å². The monoisotopic (exact) mass is 298 g/mol. The lowest BCUT2D eigenvalue weighted by molar-refractivity contribution is -0.159. The van der Waals surface area contributed by atoms with E-state index < -0.39 is 11.6 Å². The normalized spacial score (nSPS) is 30.8. The number of carbonyl (C=O) groups excluding carboxylic acids is 1. The van der Waals surface area contributed by atoms with Gasteiger partial charge in [0.25, 0.3) is 0 Å². The Hall–Kier alpha value is -1.34. The molecule has 0 aromatic heterocycles. The number of rotatable bonds is 5. The van der Waals surface area contributed by atoms with Crippen molar-refractivity contribution in [3.8, 4) is 0 Å². The molecule has 7 heteroatoms. The molecule has 2 atom stereocenters. The van der Waals surface area contributed by atoms with Crippen LogP contribution in [0.3, 0.4) is 0 Å². The third-order valence-electron chi connectivity index (χ3n) is 4.41. The lowest BCUT2D eigenvalue weighted by Crippen LogP contribution is -2.66. The predicted molar refractivity (Wildman–Crippen MR) is 73.0 cm³/mol. The Bertz CT molecular complexity index is 431. The number of amides is 2. The summed E-state index contributed by atoms with van der Waals surface area (Å²) in [6.45, 7) is 3.06. The number of aliphatic carboxylic acids is 1. The molecule has 21 heavy (non-hydrogen) atoms. The summed E-state index contributed by atoms with van der Waals surface area (Å²) in [5.41, 5.74) is -0.544. The third kappa shape index (κ3) is 3.29. The molecule has 2 saturated heterocycles. The second-order valence-corrected chi connectivity index (χ2v) is 6.51. The number of nitrogens with one attached hydrogen (secondary N) is 1. The first-order valence-corrected chi connectivity index (χ1v) is 7.50. The van der Waals surface area contributed by atoms with Gasteiger partial charge in [-0.15, -0.1) is 0 Å². The number of likely N-dealkylation sites (tertiary alicyclic amines) is 1. The number of hydrogen-bond donors (Lipinski definition) is 2. The molecule has 1 aliphatic carbocycles. The maximum Gasteiger partial charge on any atom is 0.329 e. The van der Waals surface area contributed by atoms with Crippen molar-refractivity contribution in [2.24, 2.45) is 5.92 Å². The van der Waals surface area contributed by atoms with Crippen LogP contribution in [0.2, 0.25) is 0 Å². The first-order chi connectivity index (χ1) is 9.97. The fourth-order valence-electron chi connectivity index (χ4n) is 3.14. The highest BCUT2D eigenvalue weighted by molar-refractivity contribution is 5.76. The van der Waals surface area contributed by atoms with Crippen LogP contribution in [0.15, 0.2) is 0 Å². The van der Waals surface area contributed by atoms with Crippen molar-refractivity contribution in [1.82, 2.24) is 10.2 Å². The molecular formula is C14H22N2O5. The highest BCUT2D eigenvalue weighted by atomic mass is 16.5. The Labute approximate surface area is 123 Å². The molecule has 7 nitrogen and oxygen atoms in total. The van der Waals surface area contributed by atoms with Crippen LogP contribution in [0.25, 0.3) is 0 Å². The van der Waals surface area contributed by atoms with Gasteiger partial charge in [-0.3, -0.25) is 0 Å². The molecule has 0 aromatic carbocycles. The second kappa shape index (κ2) is 5.46. The number of urea groups is 1. The molecule has 2 N–H and O–H groups in total. The maximum absolute atomic E-state index is 12.2. The van der Waals surface area contributed by atoms with Crippen molar-refractivity contribution in [2.45, 2.75) is 43.9 Å². The quantitative estimate of drug-likeness (QED) is 0.769. The van der Waals surface area contributed by atoms with E-state index in [-0.39, 0.29) is 24.8 Å². The summed E-state index contributed by atoms with van der Waals surface area (Å²) in [4.78, 5) is 24.3. The molecule has 0 spiro atoms. The van der Waals surface area contributed by atoms with Crippen LogP contribution in [0.1, 0.15) is 26.2 Å². The van der Waals surface area contributed by atoms with Gasteiger partial charge in [-0.2, -0.15) is 0 Å². The van der Waals surface area contributed by atoms with Crippen molar-refractivity contribution in [3.63, 3.8) is 0 Å². The minimum atomic E-state index is -0.991. The van der Waals surface area contributed by atoms with Gasteiger partial charge in [0.1, 0.15) is 12.2 Å². The second-order valence-electron chi connectivity index (χ2n) is 6.51. The van der Waals surface area contributed by atoms with Gasteiger partial charge in [-0.1, -0.05) is 0 Å². The standard InChI is InChI=1S/C14H22N2O5/c1-14(21-6-11(17)18)7-16(8-14)13(19)15-10-4-5-20-12(10)9-2-3-9/h9-10,12H,2-8H2,1H3,(H,15,19)(H,17,18). The zero-order valence-electron chi connectivity index (χ0n) is 12.2. The average Bonchev–Trinajstić information content (AvgIpc) is 3.14. The topological polar surface area (TPSA) is 88.1 Å². The van der Waals surface area contributed by atoms with Crippen LogP contribution in [0.5, 0.6) is 0 Å². The summed E-state index contributed by atoms with van der Waals surface area (Å²) in [6, 6.07) is 0.00402. The Kier molecular flexibility index (Phi) is 3.79. The number of carbonyl (C=O) groups is 2. The van der Waals surface area contributed by atoms with Gasteiger partial charge in [-0.25, -0.2) is 9.59 Å². The molecular weight excluding hydrogens is 276 g/mol. The summed E-state index contributed by atoms with van der Waals surface area (Å²) in [5.74, 6) is -0.382. The van der Waals surface area contributed by atoms with Gasteiger partial charge in [0.15, 0.2) is 0 Å². The van der Waals surface area contributed by atoms with E-state index in [1.165, 1.54) is 12.8 Å². The molecule has 0 radical (unpaired) electrons. The molecule has 2 unspecified atom stereocenters. The van der Waals surface area contributed by atoms with Crippen LogP contribution in [-0.2, 0) is 14.3 Å². The molecule has 3 aliphatic rings. The van der Waals surface area contributed by atoms with Gasteiger partial charge >= 0.3 is 12.0 Å². The fraction of sp³-hybridized carbons (Fsp3) is 0.857. The van der Waals surface area contributed by atoms with Gasteiger partial charge in [-0.05, 0) is 32.1 Å². The lowest BCUT2D eigenvalue weighted by Gasteiger charge is -2.47. The van der Waals surface area contributed by atoms with Crippen LogP contribution < -0.4 is 5.32 Å². The summed E-state index contributed by atoms with van der Waals surface area (Å²) >= 11 is 0. The SMILES string of the molecule is CC1(OCC(=O)O)CN(C(=O)NC2CCOC2C2CC2)C1. The van der Waals surface area contributed by atoms with E-state index in [1.54, 1.807) is 4.90 Å². The zero-order valence-corrected chi connectivity index (χ0v) is 12.2. The van der Waals surface area contributed by atoms with E-state index in [2.05, 4.69) is 5.32 Å². The van der Waals surface area contributed by atoms with E-state index >= 15 is 0 Å². The number of nitrogens with zero attached hydrogens (tertiary/aromatic N) is 1. The highest BCUT2D eigenvalue weighted by Crippen LogP contribution is 2.39. The Balaban J connectivity index is 1.44. The molecule has 2 amide bonds. The Morgan fingerprint density at radius 3 is 2.71 bits per heavy atom. The van der Waals surface area contributed by atoms with Crippen molar-refractivity contribution in [2.75, 3.05) is 26.3 Å². The number of carboxylic acid groups (broad SMARTS) is 1. The van der Waals surface area contributed by atoms with Gasteiger partial charge < -0.3 is 24.8 Å². The van der Waals surface area contributed by atoms with E-state index in [0.29, 0.717) is 25.6 Å². The van der Waals surface area contributed by atoms with E-state index in [4.69, 9.17) is 14.6 Å². The Morgan fingerprint density at radius 2 is 2.10 bits per heavy atom. The molecule has 2 aliphatic heterocycles. The molecule has 0 bridgehead atoms. The minimum absolute atomic E-state index is 0.104. The minimum Gasteiger partial charge on any atom is -0.480 e. The first kappa shape index (κ1) is 14.6. The van der Waals surface area contributed by atoms with Crippen molar-refractivity contribution < 1.29 is 24.2 Å². The van der Waals surface area contributed by atoms with Crippen LogP contribution in [0, 0.1) is 5.92 Å². The molecule has 118 valence electrons. The summed E-state index contributed by atoms with van der Waals surface area (Å²) < 4.78 is 11.0. The number of ether oxygens (including phenoxy) is 2. The first-order valence-electron chi connectivity index (χ1n) is 7.50. The lowest BCUT2D eigenvalue weighted by atomic mass is 9.97. The average molecular weight is 298 g/mol. The number of hydrogen-bond acceptors (Lipinski definition) is 4. The van der Waals surface area contributed by atoms with Crippen molar-refractivity contribution in [3.05, 3.63) is 0 Å².